The zero-order valence-electron chi connectivity index (χ0n) is 7.11. The van der Waals surface area contributed by atoms with Crippen LogP contribution in [0.3, 0.4) is 0 Å². The summed E-state index contributed by atoms with van der Waals surface area (Å²) in [5, 5.41) is 0. The van der Waals surface area contributed by atoms with Crippen LogP contribution in [0.15, 0.2) is 34.9 Å². The molecule has 0 aliphatic rings. The largest absolute Gasteiger partial charge is 0.453 e. The average Bonchev–Trinajstić information content (AvgIpc) is 2.67. The summed E-state index contributed by atoms with van der Waals surface area (Å²) in [6.07, 6.45) is 1.96. The number of halogens is 1. The lowest BCUT2D eigenvalue weighted by molar-refractivity contribution is 0.110. The summed E-state index contributed by atoms with van der Waals surface area (Å²) < 4.78 is 17.6. The minimum Gasteiger partial charge on any atom is -0.453 e. The SMILES string of the molecule is O=Cc1ccc(-c2ccc(F)nc2)o1. The van der Waals surface area contributed by atoms with Gasteiger partial charge in [0.1, 0.15) is 5.76 Å². The third-order valence-corrected chi connectivity index (χ3v) is 1.75. The Morgan fingerprint density at radius 3 is 2.71 bits per heavy atom. The minimum absolute atomic E-state index is 0.240. The molecule has 2 rings (SSSR count). The second kappa shape index (κ2) is 3.41. The second-order valence-electron chi connectivity index (χ2n) is 2.69. The second-order valence-corrected chi connectivity index (χ2v) is 2.69. The Labute approximate surface area is 79.2 Å². The fraction of sp³-hybridized carbons (Fsp3) is 0. The lowest BCUT2D eigenvalue weighted by Gasteiger charge is -1.94. The van der Waals surface area contributed by atoms with Crippen molar-refractivity contribution in [3.63, 3.8) is 0 Å². The summed E-state index contributed by atoms with van der Waals surface area (Å²) in [5.41, 5.74) is 0.638. The average molecular weight is 191 g/mol. The maximum absolute atomic E-state index is 12.5. The van der Waals surface area contributed by atoms with Crippen molar-refractivity contribution >= 4 is 6.29 Å². The fourth-order valence-electron chi connectivity index (χ4n) is 1.09. The number of carbonyl (C=O) groups excluding carboxylic acids is 1. The van der Waals surface area contributed by atoms with Gasteiger partial charge in [0.05, 0.1) is 0 Å². The smallest absolute Gasteiger partial charge is 0.212 e. The minimum atomic E-state index is -0.545. The molecule has 0 amide bonds. The molecule has 14 heavy (non-hydrogen) atoms. The third-order valence-electron chi connectivity index (χ3n) is 1.75. The Bertz CT molecular complexity index is 447. The summed E-state index contributed by atoms with van der Waals surface area (Å²) in [7, 11) is 0. The molecule has 0 unspecified atom stereocenters. The van der Waals surface area contributed by atoms with E-state index in [2.05, 4.69) is 4.98 Å². The van der Waals surface area contributed by atoms with Crippen molar-refractivity contribution in [1.29, 1.82) is 0 Å². The lowest BCUT2D eigenvalue weighted by atomic mass is 10.2. The molecule has 0 saturated carbocycles. The van der Waals surface area contributed by atoms with Crippen molar-refractivity contribution in [2.75, 3.05) is 0 Å². The van der Waals surface area contributed by atoms with Gasteiger partial charge >= 0.3 is 0 Å². The van der Waals surface area contributed by atoms with E-state index in [-0.39, 0.29) is 5.76 Å². The van der Waals surface area contributed by atoms with E-state index in [1.807, 2.05) is 0 Å². The van der Waals surface area contributed by atoms with E-state index in [1.54, 1.807) is 12.1 Å². The highest BCUT2D eigenvalue weighted by molar-refractivity contribution is 5.72. The van der Waals surface area contributed by atoms with Crippen LogP contribution in [-0.2, 0) is 0 Å². The summed E-state index contributed by atoms with van der Waals surface area (Å²) in [5.74, 6) is 0.194. The fourth-order valence-corrected chi connectivity index (χ4v) is 1.09. The first-order valence-corrected chi connectivity index (χ1v) is 3.96. The molecule has 0 radical (unpaired) electrons. The van der Waals surface area contributed by atoms with Gasteiger partial charge in [0.2, 0.25) is 5.95 Å². The van der Waals surface area contributed by atoms with Gasteiger partial charge in [0, 0.05) is 11.8 Å². The van der Waals surface area contributed by atoms with Gasteiger partial charge in [-0.15, -0.1) is 0 Å². The number of aromatic nitrogens is 1. The van der Waals surface area contributed by atoms with E-state index in [1.165, 1.54) is 18.3 Å². The van der Waals surface area contributed by atoms with E-state index >= 15 is 0 Å². The van der Waals surface area contributed by atoms with Gasteiger partial charge in [-0.2, -0.15) is 4.39 Å². The molecule has 0 atom stereocenters. The van der Waals surface area contributed by atoms with Crippen LogP contribution < -0.4 is 0 Å². The zero-order valence-corrected chi connectivity index (χ0v) is 7.11. The van der Waals surface area contributed by atoms with Gasteiger partial charge in [-0.05, 0) is 24.3 Å². The molecule has 2 heterocycles. The number of carbonyl (C=O) groups is 1. The summed E-state index contributed by atoms with van der Waals surface area (Å²) in [4.78, 5) is 13.8. The topological polar surface area (TPSA) is 43.1 Å². The molecule has 70 valence electrons. The third kappa shape index (κ3) is 1.54. The van der Waals surface area contributed by atoms with Crippen molar-refractivity contribution in [2.45, 2.75) is 0 Å². The Kier molecular flexibility index (Phi) is 2.10. The van der Waals surface area contributed by atoms with Crippen LogP contribution in [0.5, 0.6) is 0 Å². The maximum atomic E-state index is 12.5. The molecule has 0 aliphatic carbocycles. The number of rotatable bonds is 2. The summed E-state index contributed by atoms with van der Waals surface area (Å²) in [6, 6.07) is 5.96. The van der Waals surface area contributed by atoms with Crippen molar-refractivity contribution in [3.05, 3.63) is 42.2 Å². The maximum Gasteiger partial charge on any atom is 0.212 e. The highest BCUT2D eigenvalue weighted by Crippen LogP contribution is 2.20. The molecule has 0 aromatic carbocycles. The Morgan fingerprint density at radius 1 is 1.29 bits per heavy atom. The Hall–Kier alpha value is -1.97. The van der Waals surface area contributed by atoms with Gasteiger partial charge in [0.15, 0.2) is 12.0 Å². The number of hydrogen-bond acceptors (Lipinski definition) is 3. The molecule has 0 fully saturated rings. The lowest BCUT2D eigenvalue weighted by Crippen LogP contribution is -1.81. The Balaban J connectivity index is 2.39. The van der Waals surface area contributed by atoms with Gasteiger partial charge in [0.25, 0.3) is 0 Å². The van der Waals surface area contributed by atoms with E-state index in [0.717, 1.165) is 0 Å². The van der Waals surface area contributed by atoms with Gasteiger partial charge < -0.3 is 4.42 Å². The zero-order chi connectivity index (χ0) is 9.97. The number of pyridine rings is 1. The van der Waals surface area contributed by atoms with E-state index in [4.69, 9.17) is 4.42 Å². The van der Waals surface area contributed by atoms with Crippen LogP contribution in [0.1, 0.15) is 10.6 Å². The van der Waals surface area contributed by atoms with Crippen LogP contribution in [-0.4, -0.2) is 11.3 Å². The molecule has 0 saturated heterocycles. The van der Waals surface area contributed by atoms with Crippen molar-refractivity contribution in [2.24, 2.45) is 0 Å². The molecular formula is C10H6FNO2. The standard InChI is InChI=1S/C10H6FNO2/c11-10-4-1-7(5-12-10)9-3-2-8(6-13)14-9/h1-6H. The molecule has 0 aliphatic heterocycles. The number of nitrogens with zero attached hydrogens (tertiary/aromatic N) is 1. The predicted molar refractivity (Wildman–Crippen MR) is 47.3 cm³/mol. The number of aldehydes is 1. The predicted octanol–water partition coefficient (Wildman–Crippen LogP) is 2.29. The quantitative estimate of drug-likeness (QED) is 0.540. The van der Waals surface area contributed by atoms with Crippen LogP contribution in [0, 0.1) is 5.95 Å². The van der Waals surface area contributed by atoms with E-state index in [9.17, 15) is 9.18 Å². The van der Waals surface area contributed by atoms with Crippen LogP contribution in [0.2, 0.25) is 0 Å². The van der Waals surface area contributed by atoms with Crippen LogP contribution in [0.25, 0.3) is 11.3 Å². The molecular weight excluding hydrogens is 185 g/mol. The normalized spacial score (nSPS) is 10.1. The highest BCUT2D eigenvalue weighted by Gasteiger charge is 2.04. The summed E-state index contributed by atoms with van der Waals surface area (Å²) >= 11 is 0. The first-order chi connectivity index (χ1) is 6.79. The molecule has 2 aromatic rings. The molecule has 2 aromatic heterocycles. The monoisotopic (exact) mass is 191 g/mol. The first-order valence-electron chi connectivity index (χ1n) is 3.96. The van der Waals surface area contributed by atoms with Gasteiger partial charge in [-0.25, -0.2) is 4.98 Å². The number of furan rings is 1. The molecule has 0 bridgehead atoms. The molecule has 3 nitrogen and oxygen atoms in total. The van der Waals surface area contributed by atoms with Crippen molar-refractivity contribution in [1.82, 2.24) is 4.98 Å². The van der Waals surface area contributed by atoms with E-state index in [0.29, 0.717) is 17.6 Å². The van der Waals surface area contributed by atoms with E-state index < -0.39 is 5.95 Å². The van der Waals surface area contributed by atoms with Crippen molar-refractivity contribution < 1.29 is 13.6 Å². The molecule has 0 spiro atoms. The summed E-state index contributed by atoms with van der Waals surface area (Å²) in [6.45, 7) is 0. The highest BCUT2D eigenvalue weighted by atomic mass is 19.1. The van der Waals surface area contributed by atoms with Gasteiger partial charge in [-0.1, -0.05) is 0 Å². The van der Waals surface area contributed by atoms with Crippen LogP contribution >= 0.6 is 0 Å². The van der Waals surface area contributed by atoms with Crippen LogP contribution in [0.4, 0.5) is 4.39 Å². The molecule has 0 N–H and O–H groups in total. The number of hydrogen-bond donors (Lipinski definition) is 0. The Morgan fingerprint density at radius 2 is 2.14 bits per heavy atom. The first kappa shape index (κ1) is 8.62. The molecule has 4 heteroatoms. The van der Waals surface area contributed by atoms with Gasteiger partial charge in [-0.3, -0.25) is 4.79 Å². The van der Waals surface area contributed by atoms with Crippen molar-refractivity contribution in [3.8, 4) is 11.3 Å².